The molecule has 3 rings (SSSR count). The first kappa shape index (κ1) is 17.8. The topological polar surface area (TPSA) is 0 Å². The van der Waals surface area contributed by atoms with Crippen molar-refractivity contribution in [3.8, 4) is 23.0 Å². The number of hydrogen-bond acceptors (Lipinski definition) is 0. The summed E-state index contributed by atoms with van der Waals surface area (Å²) in [6.45, 7) is 2.06. The molecule has 0 unspecified atom stereocenters. The molecule has 0 aliphatic rings. The summed E-state index contributed by atoms with van der Waals surface area (Å²) in [6, 6.07) is 13.4. The molecule has 26 heavy (non-hydrogen) atoms. The number of aryl methyl sites for hydroxylation is 1. The highest BCUT2D eigenvalue weighted by molar-refractivity contribution is 5.65. The Morgan fingerprint density at radius 3 is 1.85 bits per heavy atom. The maximum atomic E-state index is 14.3. The standard InChI is InChI=1S/C22H14F4/c1-2-14-3-5-15(6-4-14)7-8-16-9-10-18(19(23)11-16)17-12-20(24)22(26)21(25)13-17/h3-6,9-13H,2H2,1H3. The molecule has 0 aromatic heterocycles. The Kier molecular flexibility index (Phi) is 5.09. The molecule has 3 aromatic carbocycles. The van der Waals surface area contributed by atoms with Crippen LogP contribution in [-0.4, -0.2) is 0 Å². The van der Waals surface area contributed by atoms with E-state index >= 15 is 0 Å². The summed E-state index contributed by atoms with van der Waals surface area (Å²) >= 11 is 0. The molecule has 0 radical (unpaired) electrons. The average molecular weight is 354 g/mol. The van der Waals surface area contributed by atoms with Crippen molar-refractivity contribution in [1.82, 2.24) is 0 Å². The first-order valence-corrected chi connectivity index (χ1v) is 8.03. The van der Waals surface area contributed by atoms with Gasteiger partial charge in [-0.2, -0.15) is 0 Å². The van der Waals surface area contributed by atoms with Crippen molar-refractivity contribution in [3.05, 3.63) is 94.6 Å². The molecule has 0 nitrogen and oxygen atoms in total. The predicted octanol–water partition coefficient (Wildman–Crippen LogP) is 5.87. The Bertz CT molecular complexity index is 986. The van der Waals surface area contributed by atoms with Crippen LogP contribution < -0.4 is 0 Å². The van der Waals surface area contributed by atoms with Crippen LogP contribution in [0.2, 0.25) is 0 Å². The van der Waals surface area contributed by atoms with Gasteiger partial charge in [0, 0.05) is 16.7 Å². The van der Waals surface area contributed by atoms with E-state index in [1.807, 2.05) is 24.3 Å². The lowest BCUT2D eigenvalue weighted by Gasteiger charge is -2.05. The Hall–Kier alpha value is -3.06. The fraction of sp³-hybridized carbons (Fsp3) is 0.0909. The van der Waals surface area contributed by atoms with Gasteiger partial charge in [0.05, 0.1) is 0 Å². The largest absolute Gasteiger partial charge is 0.206 e. The molecule has 0 spiro atoms. The Morgan fingerprint density at radius 2 is 1.27 bits per heavy atom. The molecule has 130 valence electrons. The van der Waals surface area contributed by atoms with E-state index < -0.39 is 23.3 Å². The summed E-state index contributed by atoms with van der Waals surface area (Å²) in [4.78, 5) is 0. The lowest BCUT2D eigenvalue weighted by molar-refractivity contribution is 0.447. The lowest BCUT2D eigenvalue weighted by atomic mass is 10.0. The first-order chi connectivity index (χ1) is 12.5. The van der Waals surface area contributed by atoms with Gasteiger partial charge >= 0.3 is 0 Å². The molecule has 0 bridgehead atoms. The van der Waals surface area contributed by atoms with E-state index in [0.29, 0.717) is 5.56 Å². The van der Waals surface area contributed by atoms with Crippen LogP contribution in [0.15, 0.2) is 54.6 Å². The van der Waals surface area contributed by atoms with Gasteiger partial charge in [-0.25, -0.2) is 17.6 Å². The molecule has 0 saturated heterocycles. The minimum Gasteiger partial charge on any atom is -0.206 e. The zero-order valence-electron chi connectivity index (χ0n) is 13.9. The zero-order valence-corrected chi connectivity index (χ0v) is 13.9. The average Bonchev–Trinajstić information content (AvgIpc) is 2.64. The van der Waals surface area contributed by atoms with Crippen molar-refractivity contribution in [2.24, 2.45) is 0 Å². The molecule has 0 fully saturated rings. The maximum absolute atomic E-state index is 14.3. The fourth-order valence-corrected chi connectivity index (χ4v) is 2.51. The number of rotatable bonds is 2. The molecule has 0 heterocycles. The minimum absolute atomic E-state index is 0.0272. The lowest BCUT2D eigenvalue weighted by Crippen LogP contribution is -1.94. The third kappa shape index (κ3) is 3.78. The van der Waals surface area contributed by atoms with Gasteiger partial charge in [-0.05, 0) is 53.9 Å². The second-order valence-electron chi connectivity index (χ2n) is 5.75. The quantitative estimate of drug-likeness (QED) is 0.307. The van der Waals surface area contributed by atoms with Crippen molar-refractivity contribution >= 4 is 0 Å². The molecule has 0 amide bonds. The van der Waals surface area contributed by atoms with Gasteiger partial charge in [-0.3, -0.25) is 0 Å². The zero-order chi connectivity index (χ0) is 18.7. The maximum Gasteiger partial charge on any atom is 0.194 e. The first-order valence-electron chi connectivity index (χ1n) is 8.03. The highest BCUT2D eigenvalue weighted by Crippen LogP contribution is 2.26. The Morgan fingerprint density at radius 1 is 0.692 bits per heavy atom. The number of benzene rings is 3. The molecular weight excluding hydrogens is 340 g/mol. The SMILES string of the molecule is CCc1ccc(C#Cc2ccc(-c3cc(F)c(F)c(F)c3)c(F)c2)cc1. The minimum atomic E-state index is -1.58. The van der Waals surface area contributed by atoms with Crippen molar-refractivity contribution in [2.75, 3.05) is 0 Å². The summed E-state index contributed by atoms with van der Waals surface area (Å²) in [5.74, 6) is 0.796. The molecule has 0 saturated carbocycles. The van der Waals surface area contributed by atoms with E-state index in [9.17, 15) is 17.6 Å². The summed E-state index contributed by atoms with van der Waals surface area (Å²) in [7, 11) is 0. The van der Waals surface area contributed by atoms with E-state index in [0.717, 1.165) is 24.1 Å². The Balaban J connectivity index is 1.89. The number of halogens is 4. The van der Waals surface area contributed by atoms with Crippen molar-refractivity contribution in [3.63, 3.8) is 0 Å². The van der Waals surface area contributed by atoms with Gasteiger partial charge in [-0.15, -0.1) is 0 Å². The van der Waals surface area contributed by atoms with E-state index in [2.05, 4.69) is 18.8 Å². The Labute approximate surface area is 149 Å². The van der Waals surface area contributed by atoms with Gasteiger partial charge in [0.1, 0.15) is 5.82 Å². The summed E-state index contributed by atoms with van der Waals surface area (Å²) in [5, 5.41) is 0. The van der Waals surface area contributed by atoms with E-state index in [1.165, 1.54) is 17.7 Å². The van der Waals surface area contributed by atoms with Crippen LogP contribution in [0.1, 0.15) is 23.6 Å². The third-order valence-electron chi connectivity index (χ3n) is 3.98. The molecule has 3 aromatic rings. The van der Waals surface area contributed by atoms with E-state index in [1.54, 1.807) is 6.07 Å². The molecule has 0 aliphatic heterocycles. The molecular formula is C22H14F4. The highest BCUT2D eigenvalue weighted by atomic mass is 19.2. The molecule has 4 heteroatoms. The smallest absolute Gasteiger partial charge is 0.194 e. The molecule has 0 atom stereocenters. The number of hydrogen-bond donors (Lipinski definition) is 0. The summed E-state index contributed by atoms with van der Waals surface area (Å²) in [5.41, 5.74) is 2.32. The van der Waals surface area contributed by atoms with Gasteiger partial charge in [-0.1, -0.05) is 37.0 Å². The van der Waals surface area contributed by atoms with Gasteiger partial charge in [0.2, 0.25) is 0 Å². The van der Waals surface area contributed by atoms with Gasteiger partial charge in [0.25, 0.3) is 0 Å². The van der Waals surface area contributed by atoms with Crippen LogP contribution >= 0.6 is 0 Å². The van der Waals surface area contributed by atoms with Crippen LogP contribution in [0, 0.1) is 35.1 Å². The van der Waals surface area contributed by atoms with Crippen LogP contribution in [0.3, 0.4) is 0 Å². The molecule has 0 N–H and O–H groups in total. The van der Waals surface area contributed by atoms with Crippen molar-refractivity contribution < 1.29 is 17.6 Å². The van der Waals surface area contributed by atoms with E-state index in [4.69, 9.17) is 0 Å². The third-order valence-corrected chi connectivity index (χ3v) is 3.98. The van der Waals surface area contributed by atoms with Crippen LogP contribution in [0.5, 0.6) is 0 Å². The molecule has 0 aliphatic carbocycles. The highest BCUT2D eigenvalue weighted by Gasteiger charge is 2.14. The second-order valence-corrected chi connectivity index (χ2v) is 5.75. The normalized spacial score (nSPS) is 10.3. The second kappa shape index (κ2) is 7.45. The van der Waals surface area contributed by atoms with Crippen molar-refractivity contribution in [1.29, 1.82) is 0 Å². The van der Waals surface area contributed by atoms with Crippen LogP contribution in [0.4, 0.5) is 17.6 Å². The van der Waals surface area contributed by atoms with Gasteiger partial charge < -0.3 is 0 Å². The van der Waals surface area contributed by atoms with Crippen LogP contribution in [0.25, 0.3) is 11.1 Å². The fourth-order valence-electron chi connectivity index (χ4n) is 2.51. The van der Waals surface area contributed by atoms with Crippen molar-refractivity contribution in [2.45, 2.75) is 13.3 Å². The predicted molar refractivity (Wildman–Crippen MR) is 93.5 cm³/mol. The van der Waals surface area contributed by atoms with Gasteiger partial charge in [0.15, 0.2) is 17.5 Å². The summed E-state index contributed by atoms with van der Waals surface area (Å²) < 4.78 is 54.0. The monoisotopic (exact) mass is 354 g/mol. The van der Waals surface area contributed by atoms with Crippen LogP contribution in [-0.2, 0) is 6.42 Å². The van der Waals surface area contributed by atoms with E-state index in [-0.39, 0.29) is 11.1 Å². The summed E-state index contributed by atoms with van der Waals surface area (Å²) in [6.07, 6.45) is 0.935.